The summed E-state index contributed by atoms with van der Waals surface area (Å²) in [5.41, 5.74) is 4.92. The maximum Gasteiger partial charge on any atom is 0.326 e. The molecule has 1 heterocycles. The number of sulfone groups is 1. The third kappa shape index (κ3) is 5.08. The van der Waals surface area contributed by atoms with Gasteiger partial charge in [-0.2, -0.15) is 11.8 Å². The number of hydrogen-bond donors (Lipinski definition) is 3. The molecule has 0 radical (unpaired) electrons. The molecule has 1 fully saturated rings. The maximum atomic E-state index is 12.1. The summed E-state index contributed by atoms with van der Waals surface area (Å²) in [6, 6.07) is -2.32. The van der Waals surface area contributed by atoms with Gasteiger partial charge in [0.15, 0.2) is 9.84 Å². The molecular weight excluding hydrogens is 322 g/mol. The molecule has 0 bridgehead atoms. The van der Waals surface area contributed by atoms with Crippen molar-refractivity contribution in [3.63, 3.8) is 0 Å². The fourth-order valence-electron chi connectivity index (χ4n) is 1.80. The van der Waals surface area contributed by atoms with Gasteiger partial charge in [-0.15, -0.1) is 0 Å². The first-order valence-corrected chi connectivity index (χ1v) is 9.08. The van der Waals surface area contributed by atoms with E-state index in [0.29, 0.717) is 5.75 Å². The molecule has 3 amide bonds. The van der Waals surface area contributed by atoms with E-state index in [9.17, 15) is 22.8 Å². The smallest absolute Gasteiger partial charge is 0.326 e. The van der Waals surface area contributed by atoms with Gasteiger partial charge in [-0.05, 0) is 0 Å². The van der Waals surface area contributed by atoms with Gasteiger partial charge in [-0.3, -0.25) is 4.79 Å². The molecule has 0 spiro atoms. The van der Waals surface area contributed by atoms with Crippen molar-refractivity contribution >= 4 is 39.5 Å². The first-order chi connectivity index (χ1) is 9.62. The van der Waals surface area contributed by atoms with Crippen molar-refractivity contribution in [1.82, 2.24) is 10.2 Å². The fraction of sp³-hybridized carbons (Fsp3) is 0.700. The number of nitrogens with two attached hydrogens (primary N) is 1. The molecule has 11 heteroatoms. The third-order valence-electron chi connectivity index (χ3n) is 2.84. The number of carboxylic acid groups (broad SMARTS) is 1. The lowest BCUT2D eigenvalue weighted by molar-refractivity contribution is -0.140. The number of hydrogen-bond acceptors (Lipinski definition) is 6. The number of nitrogens with one attached hydrogen (secondary N) is 1. The zero-order valence-corrected chi connectivity index (χ0v) is 12.9. The number of rotatable bonds is 5. The first kappa shape index (κ1) is 17.6. The zero-order valence-electron chi connectivity index (χ0n) is 11.3. The minimum absolute atomic E-state index is 0.178. The molecular formula is C10H17N3O6S2. The summed E-state index contributed by atoms with van der Waals surface area (Å²) >= 11 is 1.40. The summed E-state index contributed by atoms with van der Waals surface area (Å²) in [6.45, 7) is 0.178. The zero-order chi connectivity index (χ0) is 16.2. The summed E-state index contributed by atoms with van der Waals surface area (Å²) in [5, 5.41) is 10.0. The second-order valence-electron chi connectivity index (χ2n) is 4.56. The lowest BCUT2D eigenvalue weighted by atomic mass is 10.2. The number of amides is 3. The average Bonchev–Trinajstić information content (AvgIpc) is 2.36. The molecule has 0 aromatic rings. The van der Waals surface area contributed by atoms with Crippen molar-refractivity contribution in [2.24, 2.45) is 5.73 Å². The molecule has 120 valence electrons. The van der Waals surface area contributed by atoms with E-state index in [1.54, 1.807) is 0 Å². The molecule has 2 atom stereocenters. The number of aliphatic carboxylic acids is 1. The largest absolute Gasteiger partial charge is 0.480 e. The molecule has 4 N–H and O–H groups in total. The standard InChI is InChI=1S/C10H17N3O6S2/c1-21(18,19)8-5-20-3-2-13(8)10(17)12-6(9(15)16)4-7(11)14/h6,8H,2-5H2,1H3,(H2,11,14)(H,12,17)(H,15,16)/t6-,8?/m1/s1. The van der Waals surface area contributed by atoms with E-state index >= 15 is 0 Å². The number of primary amides is 1. The van der Waals surface area contributed by atoms with Gasteiger partial charge in [0.1, 0.15) is 11.4 Å². The van der Waals surface area contributed by atoms with Gasteiger partial charge in [0.25, 0.3) is 0 Å². The highest BCUT2D eigenvalue weighted by Crippen LogP contribution is 2.20. The van der Waals surface area contributed by atoms with Crippen LogP contribution in [0, 0.1) is 0 Å². The van der Waals surface area contributed by atoms with Crippen LogP contribution in [-0.4, -0.2) is 72.1 Å². The summed E-state index contributed by atoms with van der Waals surface area (Å²) in [4.78, 5) is 34.9. The molecule has 1 saturated heterocycles. The summed E-state index contributed by atoms with van der Waals surface area (Å²) in [5.74, 6) is -1.52. The fourth-order valence-corrected chi connectivity index (χ4v) is 4.62. The average molecular weight is 339 g/mol. The number of urea groups is 1. The van der Waals surface area contributed by atoms with Crippen molar-refractivity contribution in [3.05, 3.63) is 0 Å². The van der Waals surface area contributed by atoms with Crippen LogP contribution in [0.4, 0.5) is 4.79 Å². The highest BCUT2D eigenvalue weighted by molar-refractivity contribution is 8.00. The monoisotopic (exact) mass is 339 g/mol. The Hall–Kier alpha value is -1.49. The molecule has 0 saturated carbocycles. The Morgan fingerprint density at radius 1 is 1.48 bits per heavy atom. The molecule has 1 aliphatic heterocycles. The van der Waals surface area contributed by atoms with Crippen molar-refractivity contribution in [3.8, 4) is 0 Å². The lowest BCUT2D eigenvalue weighted by Crippen LogP contribution is -2.56. The Balaban J connectivity index is 2.84. The van der Waals surface area contributed by atoms with Gasteiger partial charge in [0.2, 0.25) is 5.91 Å². The Kier molecular flexibility index (Phi) is 5.84. The normalized spacial score (nSPS) is 20.6. The second-order valence-corrected chi connectivity index (χ2v) is 7.92. The number of thioether (sulfide) groups is 1. The topological polar surface area (TPSA) is 147 Å². The van der Waals surface area contributed by atoms with Gasteiger partial charge in [-0.25, -0.2) is 18.0 Å². The van der Waals surface area contributed by atoms with Crippen LogP contribution in [0.1, 0.15) is 6.42 Å². The Morgan fingerprint density at radius 2 is 2.10 bits per heavy atom. The maximum absolute atomic E-state index is 12.1. The van der Waals surface area contributed by atoms with E-state index in [0.717, 1.165) is 11.2 Å². The molecule has 9 nitrogen and oxygen atoms in total. The van der Waals surface area contributed by atoms with Crippen molar-refractivity contribution in [2.45, 2.75) is 17.8 Å². The van der Waals surface area contributed by atoms with Crippen LogP contribution in [0.2, 0.25) is 0 Å². The van der Waals surface area contributed by atoms with Crippen LogP contribution in [-0.2, 0) is 19.4 Å². The molecule has 1 unspecified atom stereocenters. The van der Waals surface area contributed by atoms with Crippen LogP contribution in [0.25, 0.3) is 0 Å². The van der Waals surface area contributed by atoms with Crippen molar-refractivity contribution in [2.75, 3.05) is 24.3 Å². The number of nitrogens with zero attached hydrogens (tertiary/aromatic N) is 1. The highest BCUT2D eigenvalue weighted by atomic mass is 32.2. The van der Waals surface area contributed by atoms with Crippen LogP contribution in [0.3, 0.4) is 0 Å². The van der Waals surface area contributed by atoms with Gasteiger partial charge in [0.05, 0.1) is 6.42 Å². The van der Waals surface area contributed by atoms with Crippen LogP contribution >= 0.6 is 11.8 Å². The first-order valence-electron chi connectivity index (χ1n) is 5.97. The molecule has 0 aromatic heterocycles. The molecule has 1 aliphatic rings. The van der Waals surface area contributed by atoms with Crippen LogP contribution < -0.4 is 11.1 Å². The van der Waals surface area contributed by atoms with Gasteiger partial charge in [0, 0.05) is 24.3 Å². The minimum atomic E-state index is -3.49. The predicted molar refractivity (Wildman–Crippen MR) is 76.4 cm³/mol. The number of carbonyl (C=O) groups excluding carboxylic acids is 2. The minimum Gasteiger partial charge on any atom is -0.480 e. The van der Waals surface area contributed by atoms with E-state index in [-0.39, 0.29) is 12.3 Å². The van der Waals surface area contributed by atoms with Crippen molar-refractivity contribution in [1.29, 1.82) is 0 Å². The van der Waals surface area contributed by atoms with E-state index in [2.05, 4.69) is 5.32 Å². The summed E-state index contributed by atoms with van der Waals surface area (Å²) in [7, 11) is -3.49. The SMILES string of the molecule is CS(=O)(=O)C1CSCCN1C(=O)N[C@H](CC(N)=O)C(=O)O. The number of carbonyl (C=O) groups is 3. The quantitative estimate of drug-likeness (QED) is 0.549. The Bertz CT molecular complexity index is 535. The van der Waals surface area contributed by atoms with E-state index in [1.807, 2.05) is 0 Å². The highest BCUT2D eigenvalue weighted by Gasteiger charge is 2.35. The molecule has 0 aromatic carbocycles. The van der Waals surface area contributed by atoms with E-state index in [1.165, 1.54) is 11.8 Å². The van der Waals surface area contributed by atoms with E-state index in [4.69, 9.17) is 10.8 Å². The Labute approximate surface area is 126 Å². The number of carboxylic acids is 1. The summed E-state index contributed by atoms with van der Waals surface area (Å²) in [6.07, 6.45) is 0.453. The molecule has 0 aliphatic carbocycles. The van der Waals surface area contributed by atoms with Crippen molar-refractivity contribution < 1.29 is 27.9 Å². The third-order valence-corrected chi connectivity index (χ3v) is 5.48. The predicted octanol–water partition coefficient (Wildman–Crippen LogP) is -1.56. The van der Waals surface area contributed by atoms with Crippen LogP contribution in [0.5, 0.6) is 0 Å². The lowest BCUT2D eigenvalue weighted by Gasteiger charge is -2.34. The van der Waals surface area contributed by atoms with Gasteiger partial charge in [-0.1, -0.05) is 0 Å². The molecule has 21 heavy (non-hydrogen) atoms. The van der Waals surface area contributed by atoms with Gasteiger partial charge < -0.3 is 21.1 Å². The molecule has 1 rings (SSSR count). The summed E-state index contributed by atoms with van der Waals surface area (Å²) < 4.78 is 23.3. The van der Waals surface area contributed by atoms with Gasteiger partial charge >= 0.3 is 12.0 Å². The Morgan fingerprint density at radius 3 is 2.57 bits per heavy atom. The van der Waals surface area contributed by atoms with Crippen LogP contribution in [0.15, 0.2) is 0 Å². The van der Waals surface area contributed by atoms with E-state index < -0.39 is 45.6 Å². The second kappa shape index (κ2) is 6.98.